The second-order valence-electron chi connectivity index (χ2n) is 5.26. The van der Waals surface area contributed by atoms with Crippen molar-refractivity contribution in [3.63, 3.8) is 0 Å². The molecule has 0 atom stereocenters. The number of rotatable bonds is 3. The summed E-state index contributed by atoms with van der Waals surface area (Å²) in [5.74, 6) is 2.90. The number of aromatic nitrogens is 2. The second kappa shape index (κ2) is 8.43. The minimum absolute atomic E-state index is 0. The van der Waals surface area contributed by atoms with E-state index in [1.165, 1.54) is 25.7 Å². The van der Waals surface area contributed by atoms with E-state index in [2.05, 4.69) is 32.7 Å². The van der Waals surface area contributed by atoms with Crippen molar-refractivity contribution in [2.75, 3.05) is 7.05 Å². The van der Waals surface area contributed by atoms with Crippen LogP contribution in [0.2, 0.25) is 0 Å². The number of nitrogens with one attached hydrogen (secondary N) is 2. The molecule has 0 amide bonds. The number of aryl methyl sites for hydroxylation is 1. The lowest BCUT2D eigenvalue weighted by molar-refractivity contribution is 0.329. The van der Waals surface area contributed by atoms with E-state index in [-0.39, 0.29) is 24.0 Å². The van der Waals surface area contributed by atoms with Crippen molar-refractivity contribution >= 4 is 29.9 Å². The summed E-state index contributed by atoms with van der Waals surface area (Å²) in [7, 11) is 1.78. The van der Waals surface area contributed by atoms with E-state index in [0.717, 1.165) is 11.9 Å². The Labute approximate surface area is 137 Å². The van der Waals surface area contributed by atoms with Gasteiger partial charge in [0.1, 0.15) is 0 Å². The van der Waals surface area contributed by atoms with Crippen LogP contribution >= 0.6 is 24.0 Å². The van der Waals surface area contributed by atoms with Gasteiger partial charge >= 0.3 is 0 Å². The van der Waals surface area contributed by atoms with Gasteiger partial charge in [0, 0.05) is 20.0 Å². The van der Waals surface area contributed by atoms with E-state index in [1.807, 2.05) is 0 Å². The van der Waals surface area contributed by atoms with Gasteiger partial charge < -0.3 is 15.2 Å². The number of hydrogen-bond donors (Lipinski definition) is 2. The first-order valence-corrected chi connectivity index (χ1v) is 6.93. The third-order valence-electron chi connectivity index (χ3n) is 3.56. The average Bonchev–Trinajstić information content (AvgIpc) is 2.82. The maximum Gasteiger partial charge on any atom is 0.223 e. The fraction of sp³-hybridized carbons (Fsp3) is 0.769. The fourth-order valence-corrected chi connectivity index (χ4v) is 2.37. The highest BCUT2D eigenvalue weighted by atomic mass is 127. The summed E-state index contributed by atoms with van der Waals surface area (Å²) in [6.45, 7) is 4.63. The largest absolute Gasteiger partial charge is 0.354 e. The zero-order valence-electron chi connectivity index (χ0n) is 12.3. The predicted molar refractivity (Wildman–Crippen MR) is 89.2 cm³/mol. The molecule has 7 heteroatoms. The Kier molecular flexibility index (Phi) is 7.25. The van der Waals surface area contributed by atoms with Gasteiger partial charge in [-0.3, -0.25) is 4.99 Å². The number of guanidine groups is 1. The van der Waals surface area contributed by atoms with Crippen molar-refractivity contribution < 1.29 is 4.52 Å². The molecule has 0 spiro atoms. The molecule has 0 saturated heterocycles. The van der Waals surface area contributed by atoms with Crippen LogP contribution in [0.4, 0.5) is 0 Å². The highest BCUT2D eigenvalue weighted by Crippen LogP contribution is 2.23. The lowest BCUT2D eigenvalue weighted by atomic mass is 9.87. The van der Waals surface area contributed by atoms with Gasteiger partial charge in [-0.2, -0.15) is 4.98 Å². The van der Waals surface area contributed by atoms with E-state index in [0.29, 0.717) is 24.3 Å². The first-order valence-electron chi connectivity index (χ1n) is 6.93. The molecule has 1 aromatic heterocycles. The lowest BCUT2D eigenvalue weighted by Crippen LogP contribution is -2.44. The molecule has 20 heavy (non-hydrogen) atoms. The first kappa shape index (κ1) is 17.2. The van der Waals surface area contributed by atoms with Crippen molar-refractivity contribution in [2.45, 2.75) is 52.1 Å². The molecule has 1 heterocycles. The molecule has 0 aliphatic heterocycles. The van der Waals surface area contributed by atoms with E-state index in [9.17, 15) is 0 Å². The van der Waals surface area contributed by atoms with Gasteiger partial charge in [-0.25, -0.2) is 0 Å². The maximum absolute atomic E-state index is 4.93. The topological polar surface area (TPSA) is 75.3 Å². The van der Waals surface area contributed by atoms with Crippen LogP contribution in [-0.4, -0.2) is 29.2 Å². The molecule has 1 aliphatic carbocycles. The smallest absolute Gasteiger partial charge is 0.223 e. The minimum atomic E-state index is 0. The zero-order chi connectivity index (χ0) is 13.7. The van der Waals surface area contributed by atoms with Crippen molar-refractivity contribution in [3.8, 4) is 0 Å². The van der Waals surface area contributed by atoms with Crippen molar-refractivity contribution in [1.82, 2.24) is 20.8 Å². The van der Waals surface area contributed by atoms with Crippen LogP contribution in [0.15, 0.2) is 9.52 Å². The van der Waals surface area contributed by atoms with Crippen molar-refractivity contribution in [1.29, 1.82) is 0 Å². The summed E-state index contributed by atoms with van der Waals surface area (Å²) in [5.41, 5.74) is 0. The summed E-state index contributed by atoms with van der Waals surface area (Å²) < 4.78 is 4.93. The molecule has 1 saturated carbocycles. The van der Waals surface area contributed by atoms with Crippen molar-refractivity contribution in [2.24, 2.45) is 10.9 Å². The summed E-state index contributed by atoms with van der Waals surface area (Å²) >= 11 is 0. The molecule has 2 rings (SSSR count). The Morgan fingerprint density at radius 1 is 1.35 bits per heavy atom. The van der Waals surface area contributed by atoms with E-state index < -0.39 is 0 Å². The quantitative estimate of drug-likeness (QED) is 0.468. The normalized spacial score (nSPS) is 23.1. The van der Waals surface area contributed by atoms with Crippen LogP contribution in [0, 0.1) is 12.8 Å². The molecule has 114 valence electrons. The third-order valence-corrected chi connectivity index (χ3v) is 3.56. The van der Waals surface area contributed by atoms with Crippen LogP contribution in [0.3, 0.4) is 0 Å². The molecule has 2 N–H and O–H groups in total. The molecule has 1 fully saturated rings. The van der Waals surface area contributed by atoms with Gasteiger partial charge in [0.05, 0.1) is 6.54 Å². The summed E-state index contributed by atoms with van der Waals surface area (Å²) in [4.78, 5) is 8.38. The molecule has 6 nitrogen and oxygen atoms in total. The van der Waals surface area contributed by atoms with Crippen LogP contribution in [0.25, 0.3) is 0 Å². The van der Waals surface area contributed by atoms with Gasteiger partial charge in [-0.15, -0.1) is 24.0 Å². The first-order chi connectivity index (χ1) is 9.17. The van der Waals surface area contributed by atoms with Gasteiger partial charge in [0.2, 0.25) is 5.89 Å². The Hall–Kier alpha value is -0.860. The summed E-state index contributed by atoms with van der Waals surface area (Å²) in [6.07, 6.45) is 5.00. The Balaban J connectivity index is 0.00000200. The fourth-order valence-electron chi connectivity index (χ4n) is 2.37. The molecular formula is C13H24IN5O. The molecule has 0 radical (unpaired) electrons. The lowest BCUT2D eigenvalue weighted by Gasteiger charge is -2.28. The van der Waals surface area contributed by atoms with E-state index >= 15 is 0 Å². The van der Waals surface area contributed by atoms with E-state index in [4.69, 9.17) is 4.52 Å². The van der Waals surface area contributed by atoms with Crippen LogP contribution in [0.1, 0.15) is 44.3 Å². The number of aliphatic imine (C=N–C) groups is 1. The maximum atomic E-state index is 4.93. The van der Waals surface area contributed by atoms with Crippen LogP contribution < -0.4 is 10.6 Å². The molecule has 1 aliphatic rings. The summed E-state index contributed by atoms with van der Waals surface area (Å²) in [5, 5.41) is 10.5. The third kappa shape index (κ3) is 5.26. The van der Waals surface area contributed by atoms with Gasteiger partial charge in [-0.1, -0.05) is 12.1 Å². The molecule has 0 aromatic carbocycles. The minimum Gasteiger partial charge on any atom is -0.354 e. The number of hydrogen-bond acceptors (Lipinski definition) is 4. The number of nitrogens with zero attached hydrogens (tertiary/aromatic N) is 3. The van der Waals surface area contributed by atoms with Crippen molar-refractivity contribution in [3.05, 3.63) is 11.7 Å². The Morgan fingerprint density at radius 2 is 2.05 bits per heavy atom. The average molecular weight is 393 g/mol. The molecule has 0 unspecified atom stereocenters. The second-order valence-corrected chi connectivity index (χ2v) is 5.26. The summed E-state index contributed by atoms with van der Waals surface area (Å²) in [6, 6.07) is 0.523. The molecule has 0 bridgehead atoms. The van der Waals surface area contributed by atoms with Gasteiger partial charge in [-0.05, 0) is 31.6 Å². The Bertz CT molecular complexity index is 426. The SMILES string of the molecule is CN=C(NCc1noc(C)n1)NC1CCC(C)CC1.I. The molecule has 1 aromatic rings. The Morgan fingerprint density at radius 3 is 2.60 bits per heavy atom. The highest BCUT2D eigenvalue weighted by molar-refractivity contribution is 14.0. The van der Waals surface area contributed by atoms with E-state index in [1.54, 1.807) is 14.0 Å². The van der Waals surface area contributed by atoms with Gasteiger partial charge in [0.15, 0.2) is 11.8 Å². The zero-order valence-corrected chi connectivity index (χ0v) is 14.7. The standard InChI is InChI=1S/C13H23N5O.HI/c1-9-4-6-11(7-5-9)17-13(14-3)15-8-12-16-10(2)19-18-12;/h9,11H,4-8H2,1-3H3,(H2,14,15,17);1H. The monoisotopic (exact) mass is 393 g/mol. The van der Waals surface area contributed by atoms with Gasteiger partial charge in [0.25, 0.3) is 0 Å². The molecular weight excluding hydrogens is 369 g/mol. The predicted octanol–water partition coefficient (Wildman–Crippen LogP) is 2.24. The van der Waals surface area contributed by atoms with Crippen LogP contribution in [0.5, 0.6) is 0 Å². The number of halogens is 1. The van der Waals surface area contributed by atoms with Crippen LogP contribution in [-0.2, 0) is 6.54 Å². The highest BCUT2D eigenvalue weighted by Gasteiger charge is 2.18.